The Hall–Kier alpha value is -2.01. The largest absolute Gasteiger partial charge is 0.340 e. The van der Waals surface area contributed by atoms with Crippen LogP contribution in [0.1, 0.15) is 11.3 Å². The summed E-state index contributed by atoms with van der Waals surface area (Å²) < 4.78 is 13.1. The highest BCUT2D eigenvalue weighted by Crippen LogP contribution is 2.22. The smallest absolute Gasteiger partial charge is 0.138 e. The standard InChI is InChI=1S/C13H13FN4/c14-9-2-1-3-10(6-9)18-13-11-7-15-5-4-12(11)16-8-17-13/h1-3,6,8,15H,4-5,7H2,(H,16,17,18). The number of nitrogens with zero attached hydrogens (tertiary/aromatic N) is 2. The first-order valence-electron chi connectivity index (χ1n) is 5.89. The van der Waals surface area contributed by atoms with Gasteiger partial charge in [0.05, 0.1) is 5.69 Å². The van der Waals surface area contributed by atoms with Crippen molar-refractivity contribution in [3.8, 4) is 0 Å². The topological polar surface area (TPSA) is 49.8 Å². The Morgan fingerprint density at radius 1 is 1.28 bits per heavy atom. The van der Waals surface area contributed by atoms with Crippen LogP contribution >= 0.6 is 0 Å². The van der Waals surface area contributed by atoms with Gasteiger partial charge in [0.1, 0.15) is 18.0 Å². The van der Waals surface area contributed by atoms with Crippen LogP contribution in [0.5, 0.6) is 0 Å². The van der Waals surface area contributed by atoms with E-state index < -0.39 is 0 Å². The number of hydrogen-bond donors (Lipinski definition) is 2. The number of halogens is 1. The average molecular weight is 244 g/mol. The Bertz CT molecular complexity index is 571. The number of benzene rings is 1. The van der Waals surface area contributed by atoms with Gasteiger partial charge in [0.25, 0.3) is 0 Å². The van der Waals surface area contributed by atoms with E-state index in [0.717, 1.165) is 36.6 Å². The summed E-state index contributed by atoms with van der Waals surface area (Å²) in [6.45, 7) is 1.68. The summed E-state index contributed by atoms with van der Waals surface area (Å²) in [6, 6.07) is 6.35. The predicted molar refractivity (Wildman–Crippen MR) is 67.1 cm³/mol. The fourth-order valence-corrected chi connectivity index (χ4v) is 2.08. The minimum Gasteiger partial charge on any atom is -0.340 e. The van der Waals surface area contributed by atoms with E-state index in [-0.39, 0.29) is 5.82 Å². The Kier molecular flexibility index (Phi) is 2.90. The summed E-state index contributed by atoms with van der Waals surface area (Å²) in [6.07, 6.45) is 2.45. The van der Waals surface area contributed by atoms with E-state index >= 15 is 0 Å². The molecule has 0 fully saturated rings. The van der Waals surface area contributed by atoms with E-state index in [9.17, 15) is 4.39 Å². The molecule has 0 saturated heterocycles. The van der Waals surface area contributed by atoms with Gasteiger partial charge in [0.2, 0.25) is 0 Å². The molecule has 2 N–H and O–H groups in total. The quantitative estimate of drug-likeness (QED) is 0.848. The van der Waals surface area contributed by atoms with Gasteiger partial charge >= 0.3 is 0 Å². The van der Waals surface area contributed by atoms with Crippen molar-refractivity contribution in [2.24, 2.45) is 0 Å². The number of rotatable bonds is 2. The fraction of sp³-hybridized carbons (Fsp3) is 0.231. The monoisotopic (exact) mass is 244 g/mol. The van der Waals surface area contributed by atoms with E-state index in [2.05, 4.69) is 20.6 Å². The van der Waals surface area contributed by atoms with Crippen LogP contribution in [0.25, 0.3) is 0 Å². The summed E-state index contributed by atoms with van der Waals surface area (Å²) in [7, 11) is 0. The van der Waals surface area contributed by atoms with Gasteiger partial charge in [-0.1, -0.05) is 6.07 Å². The maximum Gasteiger partial charge on any atom is 0.138 e. The predicted octanol–water partition coefficient (Wildman–Crippen LogP) is 2.00. The van der Waals surface area contributed by atoms with Gasteiger partial charge in [-0.25, -0.2) is 14.4 Å². The van der Waals surface area contributed by atoms with Gasteiger partial charge in [0.15, 0.2) is 0 Å². The molecule has 3 rings (SSSR count). The third-order valence-corrected chi connectivity index (χ3v) is 2.96. The van der Waals surface area contributed by atoms with Crippen LogP contribution < -0.4 is 10.6 Å². The molecule has 0 radical (unpaired) electrons. The molecule has 0 atom stereocenters. The summed E-state index contributed by atoms with van der Waals surface area (Å²) in [5.41, 5.74) is 2.82. The first kappa shape index (κ1) is 11.1. The molecule has 4 nitrogen and oxygen atoms in total. The lowest BCUT2D eigenvalue weighted by molar-refractivity contribution is 0.626. The molecule has 5 heteroatoms. The van der Waals surface area contributed by atoms with Crippen molar-refractivity contribution >= 4 is 11.5 Å². The molecule has 1 aliphatic heterocycles. The van der Waals surface area contributed by atoms with Crippen molar-refractivity contribution < 1.29 is 4.39 Å². The van der Waals surface area contributed by atoms with Gasteiger partial charge < -0.3 is 10.6 Å². The second-order valence-corrected chi connectivity index (χ2v) is 4.21. The summed E-state index contributed by atoms with van der Waals surface area (Å²) in [5, 5.41) is 6.43. The molecule has 0 saturated carbocycles. The van der Waals surface area contributed by atoms with Gasteiger partial charge in [-0.2, -0.15) is 0 Å². The average Bonchev–Trinajstić information content (AvgIpc) is 2.39. The van der Waals surface area contributed by atoms with Crippen LogP contribution in [0.3, 0.4) is 0 Å². The van der Waals surface area contributed by atoms with Crippen molar-refractivity contribution in [1.82, 2.24) is 15.3 Å². The van der Waals surface area contributed by atoms with E-state index in [4.69, 9.17) is 0 Å². The highest BCUT2D eigenvalue weighted by molar-refractivity contribution is 5.60. The Labute approximate surface area is 104 Å². The molecule has 92 valence electrons. The molecule has 2 aromatic rings. The van der Waals surface area contributed by atoms with Crippen molar-refractivity contribution in [3.63, 3.8) is 0 Å². The Morgan fingerprint density at radius 2 is 2.22 bits per heavy atom. The van der Waals surface area contributed by atoms with Crippen LogP contribution in [0.15, 0.2) is 30.6 Å². The lowest BCUT2D eigenvalue weighted by Gasteiger charge is -2.19. The zero-order valence-electron chi connectivity index (χ0n) is 9.78. The number of aromatic nitrogens is 2. The molecule has 18 heavy (non-hydrogen) atoms. The van der Waals surface area contributed by atoms with Crippen molar-refractivity contribution in [1.29, 1.82) is 0 Å². The van der Waals surface area contributed by atoms with Crippen molar-refractivity contribution in [2.45, 2.75) is 13.0 Å². The molecule has 0 unspecified atom stereocenters. The van der Waals surface area contributed by atoms with Crippen LogP contribution in [0.4, 0.5) is 15.9 Å². The molecule has 0 aliphatic carbocycles. The highest BCUT2D eigenvalue weighted by Gasteiger charge is 2.14. The zero-order chi connectivity index (χ0) is 12.4. The summed E-state index contributed by atoms with van der Waals surface area (Å²) in [4.78, 5) is 8.51. The molecular weight excluding hydrogens is 231 g/mol. The molecule has 0 bridgehead atoms. The molecule has 1 aliphatic rings. The van der Waals surface area contributed by atoms with E-state index in [1.807, 2.05) is 6.07 Å². The molecule has 1 aromatic carbocycles. The number of fused-ring (bicyclic) bond motifs is 1. The van der Waals surface area contributed by atoms with Gasteiger partial charge in [-0.05, 0) is 18.2 Å². The minimum atomic E-state index is -0.263. The first-order chi connectivity index (χ1) is 8.83. The first-order valence-corrected chi connectivity index (χ1v) is 5.89. The Balaban J connectivity index is 1.93. The van der Waals surface area contributed by atoms with Crippen LogP contribution in [0, 0.1) is 5.82 Å². The SMILES string of the molecule is Fc1cccc(Nc2ncnc3c2CNCC3)c1. The molecule has 0 amide bonds. The van der Waals surface area contributed by atoms with Gasteiger partial charge in [-0.3, -0.25) is 0 Å². The number of anilines is 2. The van der Waals surface area contributed by atoms with Crippen LogP contribution in [-0.4, -0.2) is 16.5 Å². The minimum absolute atomic E-state index is 0.263. The lowest BCUT2D eigenvalue weighted by Crippen LogP contribution is -2.25. The maximum atomic E-state index is 13.1. The second-order valence-electron chi connectivity index (χ2n) is 4.21. The summed E-state index contributed by atoms with van der Waals surface area (Å²) in [5.74, 6) is 0.485. The lowest BCUT2D eigenvalue weighted by atomic mass is 10.1. The van der Waals surface area contributed by atoms with Crippen LogP contribution in [0.2, 0.25) is 0 Å². The zero-order valence-corrected chi connectivity index (χ0v) is 9.78. The summed E-state index contributed by atoms with van der Waals surface area (Å²) >= 11 is 0. The normalized spacial score (nSPS) is 14.1. The second kappa shape index (κ2) is 4.70. The maximum absolute atomic E-state index is 13.1. The van der Waals surface area contributed by atoms with E-state index in [1.165, 1.54) is 12.1 Å². The van der Waals surface area contributed by atoms with Crippen molar-refractivity contribution in [2.75, 3.05) is 11.9 Å². The van der Waals surface area contributed by atoms with E-state index in [0.29, 0.717) is 5.69 Å². The van der Waals surface area contributed by atoms with Gasteiger partial charge in [-0.15, -0.1) is 0 Å². The highest BCUT2D eigenvalue weighted by atomic mass is 19.1. The molecule has 0 spiro atoms. The Morgan fingerprint density at radius 3 is 3.11 bits per heavy atom. The number of hydrogen-bond acceptors (Lipinski definition) is 4. The van der Waals surface area contributed by atoms with Crippen LogP contribution in [-0.2, 0) is 13.0 Å². The third-order valence-electron chi connectivity index (χ3n) is 2.96. The van der Waals surface area contributed by atoms with Crippen molar-refractivity contribution in [3.05, 3.63) is 47.7 Å². The van der Waals surface area contributed by atoms with Gasteiger partial charge in [0, 0.05) is 30.8 Å². The molecule has 1 aromatic heterocycles. The fourth-order valence-electron chi connectivity index (χ4n) is 2.08. The number of nitrogens with one attached hydrogen (secondary N) is 2. The molecule has 2 heterocycles. The third kappa shape index (κ3) is 2.17. The van der Waals surface area contributed by atoms with E-state index in [1.54, 1.807) is 12.4 Å². The molecular formula is C13H13FN4.